The van der Waals surface area contributed by atoms with Gasteiger partial charge in [-0.25, -0.2) is 0 Å². The fraction of sp³-hybridized carbons (Fsp3) is 0.364. The zero-order chi connectivity index (χ0) is 19.2. The predicted molar refractivity (Wildman–Crippen MR) is 100 cm³/mol. The van der Waals surface area contributed by atoms with Gasteiger partial charge in [0.2, 0.25) is 0 Å². The smallest absolute Gasteiger partial charge is 0.314 e. The molecule has 5 nitrogen and oxygen atoms in total. The zero-order valence-corrected chi connectivity index (χ0v) is 15.5. The van der Waals surface area contributed by atoms with Crippen LogP contribution in [0.1, 0.15) is 42.1 Å². The van der Waals surface area contributed by atoms with E-state index >= 15 is 0 Å². The van der Waals surface area contributed by atoms with Gasteiger partial charge in [0.25, 0.3) is 0 Å². The molecule has 27 heavy (non-hydrogen) atoms. The van der Waals surface area contributed by atoms with Crippen LogP contribution in [0.25, 0.3) is 0 Å². The van der Waals surface area contributed by atoms with E-state index in [-0.39, 0.29) is 25.1 Å². The summed E-state index contributed by atoms with van der Waals surface area (Å²) in [4.78, 5) is 25.6. The van der Waals surface area contributed by atoms with Crippen LogP contribution in [0.2, 0.25) is 0 Å². The third kappa shape index (κ3) is 4.62. The molecule has 0 radical (unpaired) electrons. The largest absolute Gasteiger partial charge is 0.466 e. The van der Waals surface area contributed by atoms with Crippen LogP contribution in [-0.4, -0.2) is 30.9 Å². The molecule has 0 amide bonds. The minimum absolute atomic E-state index is 0.0360. The lowest BCUT2D eigenvalue weighted by molar-refractivity contribution is -0.390. The van der Waals surface area contributed by atoms with Crippen LogP contribution < -0.4 is 0 Å². The SMILES string of the molecule is CCOC(=O)C(C1OC(C)O1)[C@H](CC(=O)c1ccccc1)c1ccccc1. The summed E-state index contributed by atoms with van der Waals surface area (Å²) in [6.45, 7) is 3.78. The van der Waals surface area contributed by atoms with Crippen molar-refractivity contribution in [1.29, 1.82) is 0 Å². The van der Waals surface area contributed by atoms with Crippen molar-refractivity contribution >= 4 is 11.8 Å². The highest BCUT2D eigenvalue weighted by Crippen LogP contribution is 2.38. The number of carbonyl (C=O) groups excluding carboxylic acids is 2. The molecular formula is C22H24O5. The number of carbonyl (C=O) groups is 2. The molecule has 0 bridgehead atoms. The van der Waals surface area contributed by atoms with Crippen LogP contribution in [-0.2, 0) is 19.0 Å². The van der Waals surface area contributed by atoms with Crippen LogP contribution in [0.15, 0.2) is 60.7 Å². The van der Waals surface area contributed by atoms with Crippen molar-refractivity contribution in [3.05, 3.63) is 71.8 Å². The molecule has 2 aromatic carbocycles. The van der Waals surface area contributed by atoms with Gasteiger partial charge in [0, 0.05) is 17.9 Å². The van der Waals surface area contributed by atoms with Gasteiger partial charge in [-0.3, -0.25) is 9.59 Å². The third-order valence-electron chi connectivity index (χ3n) is 4.67. The minimum atomic E-state index is -0.715. The molecule has 0 aromatic heterocycles. The second-order valence-electron chi connectivity index (χ2n) is 6.50. The standard InChI is InChI=1S/C22H24O5/c1-3-25-21(24)20(22-26-15(2)27-22)18(16-10-6-4-7-11-16)14-19(23)17-12-8-5-9-13-17/h4-13,15,18,20,22H,3,14H2,1-2H3/t15?,18-,20?,22?/m1/s1. The number of ketones is 1. The molecular weight excluding hydrogens is 344 g/mol. The molecule has 1 saturated heterocycles. The van der Waals surface area contributed by atoms with Crippen LogP contribution in [0.4, 0.5) is 0 Å². The van der Waals surface area contributed by atoms with E-state index in [1.807, 2.05) is 48.5 Å². The van der Waals surface area contributed by atoms with E-state index in [9.17, 15) is 9.59 Å². The van der Waals surface area contributed by atoms with Crippen LogP contribution >= 0.6 is 0 Å². The summed E-state index contributed by atoms with van der Waals surface area (Å²) in [5.41, 5.74) is 1.50. The van der Waals surface area contributed by atoms with E-state index in [2.05, 4.69) is 0 Å². The Morgan fingerprint density at radius 1 is 1.00 bits per heavy atom. The summed E-state index contributed by atoms with van der Waals surface area (Å²) in [5.74, 6) is -1.57. The van der Waals surface area contributed by atoms with Crippen molar-refractivity contribution in [2.24, 2.45) is 5.92 Å². The summed E-state index contributed by atoms with van der Waals surface area (Å²) < 4.78 is 16.5. The van der Waals surface area contributed by atoms with Crippen LogP contribution in [0, 0.1) is 5.92 Å². The van der Waals surface area contributed by atoms with Gasteiger partial charge in [0.05, 0.1) is 6.61 Å². The molecule has 1 fully saturated rings. The van der Waals surface area contributed by atoms with Gasteiger partial charge in [-0.1, -0.05) is 60.7 Å². The van der Waals surface area contributed by atoms with Crippen LogP contribution in [0.3, 0.4) is 0 Å². The Bertz CT molecular complexity index is 753. The Morgan fingerprint density at radius 2 is 1.59 bits per heavy atom. The molecule has 0 spiro atoms. The normalized spacial score (nSPS) is 21.0. The van der Waals surface area contributed by atoms with Gasteiger partial charge in [-0.05, 0) is 19.4 Å². The molecule has 0 saturated carbocycles. The Balaban J connectivity index is 1.91. The molecule has 1 aliphatic rings. The molecule has 2 atom stereocenters. The first kappa shape index (κ1) is 19.3. The van der Waals surface area contributed by atoms with Crippen molar-refractivity contribution in [3.8, 4) is 0 Å². The number of hydrogen-bond donors (Lipinski definition) is 0. The second-order valence-corrected chi connectivity index (χ2v) is 6.50. The number of ether oxygens (including phenoxy) is 3. The Hall–Kier alpha value is -2.50. The molecule has 3 rings (SSSR count). The van der Waals surface area contributed by atoms with Crippen molar-refractivity contribution < 1.29 is 23.8 Å². The highest BCUT2D eigenvalue weighted by atomic mass is 16.9. The van der Waals surface area contributed by atoms with Crippen molar-refractivity contribution in [3.63, 3.8) is 0 Å². The zero-order valence-electron chi connectivity index (χ0n) is 15.5. The number of benzene rings is 2. The van der Waals surface area contributed by atoms with E-state index in [4.69, 9.17) is 14.2 Å². The summed E-state index contributed by atoms with van der Waals surface area (Å²) in [5, 5.41) is 0. The quantitative estimate of drug-likeness (QED) is 0.522. The first-order valence-electron chi connectivity index (χ1n) is 9.21. The topological polar surface area (TPSA) is 61.8 Å². The summed E-state index contributed by atoms with van der Waals surface area (Å²) in [7, 11) is 0. The van der Waals surface area contributed by atoms with Crippen LogP contribution in [0.5, 0.6) is 0 Å². The highest BCUT2D eigenvalue weighted by Gasteiger charge is 2.45. The lowest BCUT2D eigenvalue weighted by atomic mass is 9.80. The maximum Gasteiger partial charge on any atom is 0.314 e. The number of Topliss-reactive ketones (excluding diaryl/α,β-unsaturated/α-hetero) is 1. The Kier molecular flexibility index (Phi) is 6.37. The van der Waals surface area contributed by atoms with Gasteiger partial charge in [-0.15, -0.1) is 0 Å². The molecule has 1 aliphatic heterocycles. The maximum absolute atomic E-state index is 12.9. The third-order valence-corrected chi connectivity index (χ3v) is 4.67. The molecule has 2 aromatic rings. The van der Waals surface area contributed by atoms with E-state index in [0.29, 0.717) is 5.56 Å². The lowest BCUT2D eigenvalue weighted by Gasteiger charge is -2.40. The van der Waals surface area contributed by atoms with Crippen molar-refractivity contribution in [2.45, 2.75) is 38.8 Å². The Labute approximate surface area is 159 Å². The average molecular weight is 368 g/mol. The molecule has 0 N–H and O–H groups in total. The highest BCUT2D eigenvalue weighted by molar-refractivity contribution is 5.97. The van der Waals surface area contributed by atoms with E-state index in [1.54, 1.807) is 26.0 Å². The maximum atomic E-state index is 12.9. The molecule has 5 heteroatoms. The predicted octanol–water partition coefficient (Wildman–Crippen LogP) is 3.94. The fourth-order valence-corrected chi connectivity index (χ4v) is 3.35. The fourth-order valence-electron chi connectivity index (χ4n) is 3.35. The van der Waals surface area contributed by atoms with E-state index < -0.39 is 24.1 Å². The second kappa shape index (κ2) is 8.93. The van der Waals surface area contributed by atoms with E-state index in [1.165, 1.54) is 0 Å². The summed E-state index contributed by atoms with van der Waals surface area (Å²) in [6, 6.07) is 18.6. The minimum Gasteiger partial charge on any atom is -0.466 e. The van der Waals surface area contributed by atoms with Gasteiger partial charge < -0.3 is 14.2 Å². The molecule has 0 aliphatic carbocycles. The van der Waals surface area contributed by atoms with E-state index in [0.717, 1.165) is 5.56 Å². The molecule has 142 valence electrons. The number of esters is 1. The van der Waals surface area contributed by atoms with Gasteiger partial charge in [0.1, 0.15) is 5.92 Å². The number of hydrogen-bond acceptors (Lipinski definition) is 5. The van der Waals surface area contributed by atoms with Crippen molar-refractivity contribution in [2.75, 3.05) is 6.61 Å². The Morgan fingerprint density at radius 3 is 2.15 bits per heavy atom. The van der Waals surface area contributed by atoms with Gasteiger partial charge >= 0.3 is 5.97 Å². The lowest BCUT2D eigenvalue weighted by Crippen LogP contribution is -2.49. The van der Waals surface area contributed by atoms with Gasteiger partial charge in [0.15, 0.2) is 18.4 Å². The molecule has 1 unspecified atom stereocenters. The monoisotopic (exact) mass is 368 g/mol. The van der Waals surface area contributed by atoms with Crippen molar-refractivity contribution in [1.82, 2.24) is 0 Å². The first-order valence-corrected chi connectivity index (χ1v) is 9.21. The number of rotatable bonds is 8. The first-order chi connectivity index (χ1) is 13.1. The van der Waals surface area contributed by atoms with Gasteiger partial charge in [-0.2, -0.15) is 0 Å². The summed E-state index contributed by atoms with van der Waals surface area (Å²) >= 11 is 0. The molecule has 1 heterocycles. The average Bonchev–Trinajstić information content (AvgIpc) is 2.67. The summed E-state index contributed by atoms with van der Waals surface area (Å²) in [6.07, 6.45) is -0.921.